The molecule has 0 bridgehead atoms. The normalized spacial score (nSPS) is 11.4. The molecule has 0 N–H and O–H groups in total. The number of thiophene rings is 1. The van der Waals surface area contributed by atoms with Gasteiger partial charge in [0.15, 0.2) is 5.82 Å². The molecule has 2 nitrogen and oxygen atoms in total. The molecule has 0 radical (unpaired) electrons. The van der Waals surface area contributed by atoms with Crippen LogP contribution in [0.4, 0.5) is 0 Å². The predicted octanol–water partition coefficient (Wildman–Crippen LogP) is 10.7. The van der Waals surface area contributed by atoms with Gasteiger partial charge in [0.25, 0.3) is 0 Å². The third-order valence-corrected chi connectivity index (χ3v) is 8.84. The van der Waals surface area contributed by atoms with Gasteiger partial charge in [-0.2, -0.15) is 0 Å². The van der Waals surface area contributed by atoms with Gasteiger partial charge in [-0.05, 0) is 46.5 Å². The first-order valence-corrected chi connectivity index (χ1v) is 14.6. The summed E-state index contributed by atoms with van der Waals surface area (Å²) >= 11 is 1.82. The van der Waals surface area contributed by atoms with Crippen LogP contribution in [-0.2, 0) is 0 Å². The Morgan fingerprint density at radius 2 is 1.00 bits per heavy atom. The average Bonchev–Trinajstić information content (AvgIpc) is 3.44. The van der Waals surface area contributed by atoms with Crippen LogP contribution in [-0.4, -0.2) is 9.97 Å². The molecule has 0 saturated carbocycles. The van der Waals surface area contributed by atoms with Gasteiger partial charge in [-0.1, -0.05) is 121 Å². The van der Waals surface area contributed by atoms with Crippen LogP contribution in [0.5, 0.6) is 0 Å². The van der Waals surface area contributed by atoms with Crippen LogP contribution in [0.15, 0.2) is 146 Å². The van der Waals surface area contributed by atoms with Gasteiger partial charge in [-0.25, -0.2) is 9.97 Å². The van der Waals surface area contributed by atoms with E-state index < -0.39 is 0 Å². The zero-order chi connectivity index (χ0) is 27.2. The molecule has 8 rings (SSSR count). The van der Waals surface area contributed by atoms with Gasteiger partial charge in [-0.3, -0.25) is 0 Å². The van der Waals surface area contributed by atoms with Gasteiger partial charge in [-0.15, -0.1) is 11.3 Å². The number of hydrogen-bond acceptors (Lipinski definition) is 3. The van der Waals surface area contributed by atoms with Crippen LogP contribution in [0, 0.1) is 0 Å². The van der Waals surface area contributed by atoms with Gasteiger partial charge in [0.1, 0.15) is 0 Å². The van der Waals surface area contributed by atoms with E-state index in [-0.39, 0.29) is 0 Å². The third kappa shape index (κ3) is 4.19. The minimum atomic E-state index is 0.740. The molecular formula is C38H24N2S. The Bertz CT molecular complexity index is 2180. The maximum Gasteiger partial charge on any atom is 0.160 e. The van der Waals surface area contributed by atoms with Crippen molar-refractivity contribution in [2.24, 2.45) is 0 Å². The van der Waals surface area contributed by atoms with Crippen LogP contribution in [0.1, 0.15) is 0 Å². The molecule has 6 aromatic carbocycles. The summed E-state index contributed by atoms with van der Waals surface area (Å²) in [5.74, 6) is 0.740. The van der Waals surface area contributed by atoms with Crippen molar-refractivity contribution < 1.29 is 0 Å². The Balaban J connectivity index is 1.29. The number of benzene rings is 6. The Morgan fingerprint density at radius 1 is 0.390 bits per heavy atom. The van der Waals surface area contributed by atoms with E-state index in [0.29, 0.717) is 0 Å². The molecule has 0 saturated heterocycles. The molecule has 0 fully saturated rings. The van der Waals surface area contributed by atoms with E-state index in [2.05, 4.69) is 140 Å². The highest BCUT2D eigenvalue weighted by atomic mass is 32.1. The molecule has 41 heavy (non-hydrogen) atoms. The molecule has 0 unspecified atom stereocenters. The van der Waals surface area contributed by atoms with Gasteiger partial charge >= 0.3 is 0 Å². The summed E-state index contributed by atoms with van der Waals surface area (Å²) in [6.07, 6.45) is 0. The number of hydrogen-bond donors (Lipinski definition) is 0. The topological polar surface area (TPSA) is 25.8 Å². The Morgan fingerprint density at radius 3 is 1.76 bits per heavy atom. The van der Waals surface area contributed by atoms with Gasteiger partial charge in [0, 0.05) is 36.7 Å². The summed E-state index contributed by atoms with van der Waals surface area (Å²) < 4.78 is 2.52. The standard InChI is InChI=1S/C38H24N2S/c1-3-10-25(11-4-1)29-14-9-15-30(24-29)26-18-20-28(21-19-26)38-39-36(27-12-5-2-6-13-27)32-22-23-34-35(37(32)40-38)31-16-7-8-17-33(31)41-34/h1-24H. The van der Waals surface area contributed by atoms with E-state index in [4.69, 9.17) is 9.97 Å². The Kier molecular flexibility index (Phi) is 5.68. The van der Waals surface area contributed by atoms with E-state index in [1.165, 1.54) is 42.4 Å². The van der Waals surface area contributed by atoms with Gasteiger partial charge < -0.3 is 0 Å². The van der Waals surface area contributed by atoms with Crippen molar-refractivity contribution in [2.75, 3.05) is 0 Å². The lowest BCUT2D eigenvalue weighted by atomic mass is 9.98. The lowest BCUT2D eigenvalue weighted by molar-refractivity contribution is 1.23. The van der Waals surface area contributed by atoms with Crippen molar-refractivity contribution in [2.45, 2.75) is 0 Å². The molecule has 0 spiro atoms. The molecule has 0 amide bonds. The molecule has 0 aliphatic rings. The largest absolute Gasteiger partial charge is 0.227 e. The van der Waals surface area contributed by atoms with E-state index in [9.17, 15) is 0 Å². The van der Waals surface area contributed by atoms with E-state index in [0.717, 1.165) is 33.5 Å². The summed E-state index contributed by atoms with van der Waals surface area (Å²) in [6, 6.07) is 51.3. The smallest absolute Gasteiger partial charge is 0.160 e. The highest BCUT2D eigenvalue weighted by Crippen LogP contribution is 2.40. The fraction of sp³-hybridized carbons (Fsp3) is 0. The SMILES string of the molecule is c1ccc(-c2cccc(-c3ccc(-c4nc(-c5ccccc5)c5ccc6sc7ccccc7c6c5n4)cc3)c2)cc1. The van der Waals surface area contributed by atoms with Gasteiger partial charge in [0.2, 0.25) is 0 Å². The number of aromatic nitrogens is 2. The van der Waals surface area contributed by atoms with Crippen molar-refractivity contribution in [3.05, 3.63) is 146 Å². The van der Waals surface area contributed by atoms with Crippen LogP contribution in [0.25, 0.3) is 76.0 Å². The van der Waals surface area contributed by atoms with E-state index >= 15 is 0 Å². The fourth-order valence-corrected chi connectivity index (χ4v) is 6.78. The summed E-state index contributed by atoms with van der Waals surface area (Å²) in [5, 5.41) is 3.53. The second-order valence-electron chi connectivity index (χ2n) is 10.2. The minimum absolute atomic E-state index is 0.740. The Labute approximate surface area is 242 Å². The molecular weight excluding hydrogens is 516 g/mol. The van der Waals surface area contributed by atoms with Crippen LogP contribution in [0.2, 0.25) is 0 Å². The number of nitrogens with zero attached hydrogens (tertiary/aromatic N) is 2. The third-order valence-electron chi connectivity index (χ3n) is 7.70. The van der Waals surface area contributed by atoms with Crippen molar-refractivity contribution in [3.8, 4) is 44.9 Å². The van der Waals surface area contributed by atoms with Gasteiger partial charge in [0.05, 0.1) is 11.2 Å². The summed E-state index contributed by atoms with van der Waals surface area (Å²) in [7, 11) is 0. The maximum atomic E-state index is 5.23. The van der Waals surface area contributed by atoms with Crippen molar-refractivity contribution in [1.29, 1.82) is 0 Å². The summed E-state index contributed by atoms with van der Waals surface area (Å²) in [5.41, 5.74) is 8.85. The molecule has 8 aromatic rings. The predicted molar refractivity (Wildman–Crippen MR) is 174 cm³/mol. The highest BCUT2D eigenvalue weighted by Gasteiger charge is 2.16. The molecule has 3 heteroatoms. The summed E-state index contributed by atoms with van der Waals surface area (Å²) in [6.45, 7) is 0. The fourth-order valence-electron chi connectivity index (χ4n) is 5.67. The maximum absolute atomic E-state index is 5.23. The number of fused-ring (bicyclic) bond motifs is 5. The van der Waals surface area contributed by atoms with Crippen molar-refractivity contribution >= 4 is 42.4 Å². The van der Waals surface area contributed by atoms with E-state index in [1.807, 2.05) is 17.4 Å². The first kappa shape index (κ1) is 23.7. The van der Waals surface area contributed by atoms with Crippen LogP contribution >= 0.6 is 11.3 Å². The molecule has 2 aromatic heterocycles. The number of rotatable bonds is 4. The molecule has 0 aliphatic heterocycles. The molecule has 192 valence electrons. The second-order valence-corrected chi connectivity index (χ2v) is 11.3. The Hall–Kier alpha value is -5.12. The second kappa shape index (κ2) is 9.81. The molecule has 2 heterocycles. The zero-order valence-electron chi connectivity index (χ0n) is 22.2. The first-order chi connectivity index (χ1) is 20.3. The lowest BCUT2D eigenvalue weighted by Gasteiger charge is -2.11. The first-order valence-electron chi connectivity index (χ1n) is 13.8. The van der Waals surface area contributed by atoms with Crippen LogP contribution < -0.4 is 0 Å². The molecule has 0 aliphatic carbocycles. The lowest BCUT2D eigenvalue weighted by Crippen LogP contribution is -1.95. The quantitative estimate of drug-likeness (QED) is 0.222. The van der Waals surface area contributed by atoms with Crippen molar-refractivity contribution in [1.82, 2.24) is 9.97 Å². The van der Waals surface area contributed by atoms with Crippen molar-refractivity contribution in [3.63, 3.8) is 0 Å². The zero-order valence-corrected chi connectivity index (χ0v) is 23.0. The highest BCUT2D eigenvalue weighted by molar-refractivity contribution is 7.26. The van der Waals surface area contributed by atoms with E-state index in [1.54, 1.807) is 0 Å². The average molecular weight is 541 g/mol. The monoisotopic (exact) mass is 540 g/mol. The molecule has 0 atom stereocenters. The van der Waals surface area contributed by atoms with Crippen LogP contribution in [0.3, 0.4) is 0 Å². The summed E-state index contributed by atoms with van der Waals surface area (Å²) in [4.78, 5) is 10.4. The minimum Gasteiger partial charge on any atom is -0.227 e.